The fourth-order valence-corrected chi connectivity index (χ4v) is 5.95. The Hall–Kier alpha value is -3.78. The van der Waals surface area contributed by atoms with E-state index >= 15 is 0 Å². The van der Waals surface area contributed by atoms with Gasteiger partial charge in [0.2, 0.25) is 0 Å². The molecule has 3 aromatic heterocycles. The molecule has 4 aromatic rings. The predicted molar refractivity (Wildman–Crippen MR) is 155 cm³/mol. The molecule has 0 spiro atoms. The summed E-state index contributed by atoms with van der Waals surface area (Å²) in [4.78, 5) is 24.7. The van der Waals surface area contributed by atoms with Crippen molar-refractivity contribution in [3.63, 3.8) is 0 Å². The summed E-state index contributed by atoms with van der Waals surface area (Å²) in [5, 5.41) is 23.0. The Morgan fingerprint density at radius 2 is 1.88 bits per heavy atom. The number of nitrogens with two attached hydrogens (primary N) is 1. The molecule has 0 aliphatic carbocycles. The van der Waals surface area contributed by atoms with E-state index in [-0.39, 0.29) is 12.9 Å². The zero-order chi connectivity index (χ0) is 29.1. The summed E-state index contributed by atoms with van der Waals surface area (Å²) in [6.07, 6.45) is 2.51. The number of rotatable bonds is 8. The first-order chi connectivity index (χ1) is 19.4. The van der Waals surface area contributed by atoms with Crippen LogP contribution in [0.1, 0.15) is 30.2 Å². The highest BCUT2D eigenvalue weighted by Gasteiger charge is 2.26. The van der Waals surface area contributed by atoms with Crippen molar-refractivity contribution >= 4 is 45.7 Å². The molecule has 0 saturated carbocycles. The minimum absolute atomic E-state index is 0.250. The summed E-state index contributed by atoms with van der Waals surface area (Å²) in [5.41, 5.74) is 11.8. The Morgan fingerprint density at radius 3 is 2.52 bits per heavy atom. The normalized spacial score (nSPS) is 13.3. The molecule has 0 radical (unpaired) electrons. The maximum atomic E-state index is 8.36. The first-order valence-electron chi connectivity index (χ1n) is 12.8. The first kappa shape index (κ1) is 30.8. The summed E-state index contributed by atoms with van der Waals surface area (Å²) in [6.45, 7) is 9.70. The van der Waals surface area contributed by atoms with Crippen molar-refractivity contribution in [1.82, 2.24) is 24.8 Å². The third kappa shape index (κ3) is 7.04. The second kappa shape index (κ2) is 15.1. The molecule has 1 fully saturated rings. The lowest BCUT2D eigenvalue weighted by atomic mass is 10.1. The van der Waals surface area contributed by atoms with Crippen LogP contribution in [0.2, 0.25) is 0 Å². The van der Waals surface area contributed by atoms with Gasteiger partial charge >= 0.3 is 0 Å². The van der Waals surface area contributed by atoms with E-state index in [2.05, 4.69) is 52.3 Å². The molecule has 4 heterocycles. The predicted octanol–water partition coefficient (Wildman–Crippen LogP) is 3.24. The highest BCUT2D eigenvalue weighted by Crippen LogP contribution is 2.44. The van der Waals surface area contributed by atoms with Gasteiger partial charge in [0.1, 0.15) is 17.6 Å². The Morgan fingerprint density at radius 1 is 1.18 bits per heavy atom. The van der Waals surface area contributed by atoms with Crippen LogP contribution in [0.3, 0.4) is 0 Å². The Bertz CT molecular complexity index is 1410. The molecule has 216 valence electrons. The van der Waals surface area contributed by atoms with Crippen molar-refractivity contribution in [1.29, 1.82) is 0 Å². The largest absolute Gasteiger partial charge is 0.495 e. The van der Waals surface area contributed by atoms with Gasteiger partial charge in [-0.05, 0) is 36.4 Å². The van der Waals surface area contributed by atoms with Crippen molar-refractivity contribution in [2.45, 2.75) is 33.4 Å². The van der Waals surface area contributed by atoms with Gasteiger partial charge in [0.25, 0.3) is 12.9 Å². The van der Waals surface area contributed by atoms with Crippen molar-refractivity contribution in [2.75, 3.05) is 45.6 Å². The molecule has 0 unspecified atom stereocenters. The van der Waals surface area contributed by atoms with Crippen molar-refractivity contribution < 1.29 is 29.3 Å². The third-order valence-electron chi connectivity index (χ3n) is 6.33. The molecule has 0 atom stereocenters. The number of benzene rings is 1. The lowest BCUT2D eigenvalue weighted by molar-refractivity contribution is -0.123. The maximum absolute atomic E-state index is 8.36. The van der Waals surface area contributed by atoms with Crippen molar-refractivity contribution in [3.05, 3.63) is 41.3 Å². The van der Waals surface area contributed by atoms with Gasteiger partial charge in [0.05, 0.1) is 24.1 Å². The number of carbonyl (C=O) groups is 2. The average Bonchev–Trinajstić information content (AvgIpc) is 3.49. The van der Waals surface area contributed by atoms with Crippen LogP contribution in [0.5, 0.6) is 5.75 Å². The Labute approximate surface area is 236 Å². The van der Waals surface area contributed by atoms with E-state index in [1.165, 1.54) is 5.56 Å². The van der Waals surface area contributed by atoms with Crippen LogP contribution >= 0.6 is 11.3 Å². The van der Waals surface area contributed by atoms with Gasteiger partial charge in [0.15, 0.2) is 5.82 Å². The Kier molecular flexibility index (Phi) is 11.6. The number of piperazine rings is 1. The van der Waals surface area contributed by atoms with Crippen LogP contribution in [0, 0.1) is 6.92 Å². The number of fused-ring (bicyclic) bond motifs is 2. The van der Waals surface area contributed by atoms with Crippen molar-refractivity contribution in [2.24, 2.45) is 0 Å². The number of nitrogens with zero attached hydrogens (tertiary/aromatic N) is 4. The number of hydrogen-bond donors (Lipinski definition) is 4. The van der Waals surface area contributed by atoms with Crippen molar-refractivity contribution in [3.8, 4) is 16.2 Å². The van der Waals surface area contributed by atoms with Crippen LogP contribution in [-0.4, -0.2) is 82.6 Å². The molecule has 40 heavy (non-hydrogen) atoms. The summed E-state index contributed by atoms with van der Waals surface area (Å²) < 4.78 is 14.9. The summed E-state index contributed by atoms with van der Waals surface area (Å²) in [5.74, 6) is 1.37. The number of aromatic nitrogens is 3. The quantitative estimate of drug-likeness (QED) is 0.181. The van der Waals surface area contributed by atoms with E-state index in [1.807, 2.05) is 4.52 Å². The van der Waals surface area contributed by atoms with Gasteiger partial charge in [-0.2, -0.15) is 5.10 Å². The minimum atomic E-state index is -0.250. The third-order valence-corrected chi connectivity index (χ3v) is 7.51. The highest BCUT2D eigenvalue weighted by molar-refractivity contribution is 7.22. The van der Waals surface area contributed by atoms with E-state index in [0.29, 0.717) is 19.0 Å². The number of nitrogens with one attached hydrogen (secondary N) is 1. The first-order valence-corrected chi connectivity index (χ1v) is 13.6. The number of thiophene rings is 1. The molecule has 1 aliphatic heterocycles. The number of aryl methyl sites for hydroxylation is 1. The fraction of sp³-hybridized carbons (Fsp3) is 0.407. The van der Waals surface area contributed by atoms with Crippen LogP contribution < -0.4 is 15.8 Å². The molecule has 5 rings (SSSR count). The van der Waals surface area contributed by atoms with Gasteiger partial charge in [-0.25, -0.2) is 9.50 Å². The molecular weight excluding hydrogens is 536 g/mol. The van der Waals surface area contributed by atoms with E-state index in [4.69, 9.17) is 35.0 Å². The molecule has 1 aliphatic rings. The molecule has 5 N–H and O–H groups in total. The SMILES string of the molecule is CCCOCc1c(-c2cc3cc(C)cc(OC)c3s2)c2c(N)ncnn2c1CN1CCNCC1.O=CO.O=CO. The number of carboxylic acid groups (broad SMARTS) is 2. The van der Waals surface area contributed by atoms with Crippen LogP contribution in [0.4, 0.5) is 5.82 Å². The van der Waals surface area contributed by atoms with E-state index in [9.17, 15) is 0 Å². The van der Waals surface area contributed by atoms with Crippen LogP contribution in [-0.2, 0) is 27.5 Å². The molecule has 1 aromatic carbocycles. The van der Waals surface area contributed by atoms with E-state index < -0.39 is 0 Å². The van der Waals surface area contributed by atoms with E-state index in [0.717, 1.165) is 82.2 Å². The second-order valence-corrected chi connectivity index (χ2v) is 10.0. The molecule has 12 nitrogen and oxygen atoms in total. The lowest BCUT2D eigenvalue weighted by Crippen LogP contribution is -2.43. The summed E-state index contributed by atoms with van der Waals surface area (Å²) >= 11 is 1.72. The maximum Gasteiger partial charge on any atom is 0.290 e. The second-order valence-electron chi connectivity index (χ2n) is 8.99. The lowest BCUT2D eigenvalue weighted by Gasteiger charge is -2.27. The van der Waals surface area contributed by atoms with Gasteiger partial charge in [-0.3, -0.25) is 14.5 Å². The zero-order valence-corrected chi connectivity index (χ0v) is 23.7. The molecule has 13 heteroatoms. The highest BCUT2D eigenvalue weighted by atomic mass is 32.1. The standard InChI is InChI=1S/C25H32N6O2S.2CH2O2/c1-4-9-33-14-18-19(13-30-7-5-27-6-8-30)31-23(25(26)28-15-29-31)22(18)21-12-17-10-16(2)11-20(32-3)24(17)34-21;2*2-1-3/h10-12,15,27H,4-9,13-14H2,1-3H3,(H2,26,28,29);2*1H,(H,2,3). The number of ether oxygens (including phenoxy) is 2. The van der Waals surface area contributed by atoms with Gasteiger partial charge in [0, 0.05) is 55.3 Å². The summed E-state index contributed by atoms with van der Waals surface area (Å²) in [7, 11) is 1.73. The van der Waals surface area contributed by atoms with Gasteiger partial charge in [-0.1, -0.05) is 13.0 Å². The minimum Gasteiger partial charge on any atom is -0.495 e. The monoisotopic (exact) mass is 572 g/mol. The molecular formula is C27H36N6O6S. The smallest absolute Gasteiger partial charge is 0.290 e. The van der Waals surface area contributed by atoms with Crippen LogP contribution in [0.15, 0.2) is 24.5 Å². The molecule has 0 amide bonds. The average molecular weight is 573 g/mol. The van der Waals surface area contributed by atoms with E-state index in [1.54, 1.807) is 24.8 Å². The number of nitrogen functional groups attached to an aromatic ring is 1. The molecule has 1 saturated heterocycles. The van der Waals surface area contributed by atoms with Gasteiger partial charge in [-0.15, -0.1) is 11.3 Å². The Balaban J connectivity index is 0.000000676. The number of hydrogen-bond acceptors (Lipinski definition) is 10. The summed E-state index contributed by atoms with van der Waals surface area (Å²) in [6, 6.07) is 6.51. The number of anilines is 1. The van der Waals surface area contributed by atoms with Crippen LogP contribution in [0.25, 0.3) is 26.0 Å². The number of methoxy groups -OCH3 is 1. The molecule has 0 bridgehead atoms. The van der Waals surface area contributed by atoms with Gasteiger partial charge < -0.3 is 30.7 Å². The zero-order valence-electron chi connectivity index (χ0n) is 22.9. The topological polar surface area (TPSA) is 165 Å². The fourth-order valence-electron chi connectivity index (χ4n) is 4.74.